The van der Waals surface area contributed by atoms with Gasteiger partial charge in [-0.15, -0.1) is 0 Å². The molecule has 1 aliphatic rings. The van der Waals surface area contributed by atoms with Gasteiger partial charge in [0, 0.05) is 11.1 Å². The van der Waals surface area contributed by atoms with Gasteiger partial charge in [-0.3, -0.25) is 4.98 Å². The van der Waals surface area contributed by atoms with E-state index < -0.39 is 0 Å². The first kappa shape index (κ1) is 10.7. The van der Waals surface area contributed by atoms with Crippen molar-refractivity contribution in [3.05, 3.63) is 40.6 Å². The number of hydrogen-bond acceptors (Lipinski definition) is 2. The van der Waals surface area contributed by atoms with E-state index in [1.54, 1.807) is 0 Å². The Bertz CT molecular complexity index is 575. The van der Waals surface area contributed by atoms with Crippen molar-refractivity contribution in [2.45, 2.75) is 39.2 Å². The molecule has 0 radical (unpaired) electrons. The van der Waals surface area contributed by atoms with Crippen LogP contribution in [0.5, 0.6) is 0 Å². The Balaban J connectivity index is 2.39. The number of aliphatic hydroxyl groups is 1. The van der Waals surface area contributed by atoms with Crippen molar-refractivity contribution in [2.75, 3.05) is 0 Å². The smallest absolute Gasteiger partial charge is 0.0738 e. The maximum atomic E-state index is 9.65. The number of hydrogen-bond donors (Lipinski definition) is 1. The summed E-state index contributed by atoms with van der Waals surface area (Å²) in [5.41, 5.74) is 5.88. The zero-order valence-corrected chi connectivity index (χ0v) is 10.2. The highest BCUT2D eigenvalue weighted by Gasteiger charge is 2.17. The standard InChI is InChI=1S/C15H17NO/c1-10-5-4-7-12-13(9-17)11-6-2-3-8-14(11)16-15(10)12/h4-5,7,17H,2-3,6,8-9H2,1H3. The first-order valence-electron chi connectivity index (χ1n) is 6.32. The molecule has 1 N–H and O–H groups in total. The largest absolute Gasteiger partial charge is 0.392 e. The van der Waals surface area contributed by atoms with E-state index in [2.05, 4.69) is 19.1 Å². The van der Waals surface area contributed by atoms with Gasteiger partial charge in [-0.1, -0.05) is 18.2 Å². The van der Waals surface area contributed by atoms with Crippen LogP contribution in [0.25, 0.3) is 10.9 Å². The average Bonchev–Trinajstić information content (AvgIpc) is 2.37. The van der Waals surface area contributed by atoms with Crippen LogP contribution in [0.1, 0.15) is 35.2 Å². The summed E-state index contributed by atoms with van der Waals surface area (Å²) in [6.07, 6.45) is 4.58. The fourth-order valence-electron chi connectivity index (χ4n) is 2.87. The van der Waals surface area contributed by atoms with Gasteiger partial charge < -0.3 is 5.11 Å². The molecule has 0 fully saturated rings. The van der Waals surface area contributed by atoms with Gasteiger partial charge in [-0.05, 0) is 49.3 Å². The van der Waals surface area contributed by atoms with Crippen molar-refractivity contribution >= 4 is 10.9 Å². The summed E-state index contributed by atoms with van der Waals surface area (Å²) in [5, 5.41) is 10.8. The second-order valence-corrected chi connectivity index (χ2v) is 4.85. The molecule has 2 aromatic rings. The van der Waals surface area contributed by atoms with Crippen LogP contribution in [-0.2, 0) is 19.4 Å². The third-order valence-electron chi connectivity index (χ3n) is 3.77. The molecule has 0 atom stereocenters. The van der Waals surface area contributed by atoms with Crippen LogP contribution in [0.3, 0.4) is 0 Å². The van der Waals surface area contributed by atoms with E-state index in [0.717, 1.165) is 29.3 Å². The quantitative estimate of drug-likeness (QED) is 0.812. The van der Waals surface area contributed by atoms with Gasteiger partial charge in [-0.2, -0.15) is 0 Å². The van der Waals surface area contributed by atoms with Crippen molar-refractivity contribution in [2.24, 2.45) is 0 Å². The molecule has 2 nitrogen and oxygen atoms in total. The average molecular weight is 227 g/mol. The van der Waals surface area contributed by atoms with Gasteiger partial charge >= 0.3 is 0 Å². The SMILES string of the molecule is Cc1cccc2c(CO)c3c(nc12)CCCC3. The minimum Gasteiger partial charge on any atom is -0.392 e. The normalized spacial score (nSPS) is 14.9. The van der Waals surface area contributed by atoms with E-state index in [0.29, 0.717) is 0 Å². The minimum absolute atomic E-state index is 0.130. The lowest BCUT2D eigenvalue weighted by molar-refractivity contribution is 0.281. The molecule has 0 bridgehead atoms. The second-order valence-electron chi connectivity index (χ2n) is 4.85. The molecular formula is C15H17NO. The number of aromatic nitrogens is 1. The molecule has 1 heterocycles. The Kier molecular flexibility index (Phi) is 2.60. The highest BCUT2D eigenvalue weighted by Crippen LogP contribution is 2.30. The summed E-state index contributed by atoms with van der Waals surface area (Å²) >= 11 is 0. The number of nitrogens with zero attached hydrogens (tertiary/aromatic N) is 1. The summed E-state index contributed by atoms with van der Waals surface area (Å²) in [6.45, 7) is 2.22. The first-order valence-corrected chi connectivity index (χ1v) is 6.32. The lowest BCUT2D eigenvalue weighted by Crippen LogP contribution is -2.10. The third-order valence-corrected chi connectivity index (χ3v) is 3.77. The van der Waals surface area contributed by atoms with Gasteiger partial charge in [0.15, 0.2) is 0 Å². The molecule has 1 aromatic heterocycles. The van der Waals surface area contributed by atoms with Crippen LogP contribution in [0.2, 0.25) is 0 Å². The number of pyridine rings is 1. The van der Waals surface area contributed by atoms with Gasteiger partial charge in [0.2, 0.25) is 0 Å². The van der Waals surface area contributed by atoms with Gasteiger partial charge in [-0.25, -0.2) is 0 Å². The van der Waals surface area contributed by atoms with Crippen molar-refractivity contribution in [3.8, 4) is 0 Å². The summed E-state index contributed by atoms with van der Waals surface area (Å²) in [5.74, 6) is 0. The Morgan fingerprint density at radius 3 is 2.88 bits per heavy atom. The van der Waals surface area contributed by atoms with Crippen molar-refractivity contribution in [1.82, 2.24) is 4.98 Å². The molecule has 0 spiro atoms. The predicted octanol–water partition coefficient (Wildman–Crippen LogP) is 2.91. The molecule has 0 saturated heterocycles. The number of para-hydroxylation sites is 1. The van der Waals surface area contributed by atoms with Gasteiger partial charge in [0.25, 0.3) is 0 Å². The fourth-order valence-corrected chi connectivity index (χ4v) is 2.87. The zero-order valence-electron chi connectivity index (χ0n) is 10.2. The number of benzene rings is 1. The molecule has 0 amide bonds. The van der Waals surface area contributed by atoms with E-state index in [1.165, 1.54) is 29.7 Å². The van der Waals surface area contributed by atoms with Gasteiger partial charge in [0.1, 0.15) is 0 Å². The number of aliphatic hydroxyl groups excluding tert-OH is 1. The van der Waals surface area contributed by atoms with Crippen molar-refractivity contribution in [3.63, 3.8) is 0 Å². The molecule has 3 rings (SSSR count). The molecule has 0 aliphatic heterocycles. The van der Waals surface area contributed by atoms with Crippen LogP contribution < -0.4 is 0 Å². The molecule has 0 saturated carbocycles. The molecule has 0 unspecified atom stereocenters. The second kappa shape index (κ2) is 4.11. The Labute approximate surface area is 101 Å². The Morgan fingerprint density at radius 2 is 2.06 bits per heavy atom. The van der Waals surface area contributed by atoms with E-state index in [1.807, 2.05) is 6.07 Å². The lowest BCUT2D eigenvalue weighted by Gasteiger charge is -2.20. The number of fused-ring (bicyclic) bond motifs is 2. The fraction of sp³-hybridized carbons (Fsp3) is 0.400. The maximum absolute atomic E-state index is 9.65. The highest BCUT2D eigenvalue weighted by molar-refractivity contribution is 5.86. The summed E-state index contributed by atoms with van der Waals surface area (Å²) in [6, 6.07) is 6.22. The monoisotopic (exact) mass is 227 g/mol. The van der Waals surface area contributed by atoms with Crippen LogP contribution in [0, 0.1) is 6.92 Å². The number of rotatable bonds is 1. The Hall–Kier alpha value is -1.41. The van der Waals surface area contributed by atoms with E-state index in [9.17, 15) is 5.11 Å². The molecule has 17 heavy (non-hydrogen) atoms. The molecule has 1 aliphatic carbocycles. The zero-order chi connectivity index (χ0) is 11.8. The molecular weight excluding hydrogens is 210 g/mol. The summed E-state index contributed by atoms with van der Waals surface area (Å²) in [7, 11) is 0. The third kappa shape index (κ3) is 1.64. The van der Waals surface area contributed by atoms with Crippen LogP contribution in [0.4, 0.5) is 0 Å². The predicted molar refractivity (Wildman–Crippen MR) is 69.0 cm³/mol. The molecule has 88 valence electrons. The van der Waals surface area contributed by atoms with Crippen molar-refractivity contribution in [1.29, 1.82) is 0 Å². The summed E-state index contributed by atoms with van der Waals surface area (Å²) < 4.78 is 0. The summed E-state index contributed by atoms with van der Waals surface area (Å²) in [4.78, 5) is 4.81. The maximum Gasteiger partial charge on any atom is 0.0738 e. The first-order chi connectivity index (χ1) is 8.31. The van der Waals surface area contributed by atoms with Crippen LogP contribution in [0.15, 0.2) is 18.2 Å². The van der Waals surface area contributed by atoms with E-state index in [-0.39, 0.29) is 6.61 Å². The molecule has 1 aromatic carbocycles. The Morgan fingerprint density at radius 1 is 1.24 bits per heavy atom. The van der Waals surface area contributed by atoms with E-state index in [4.69, 9.17) is 4.98 Å². The highest BCUT2D eigenvalue weighted by atomic mass is 16.3. The molecule has 2 heteroatoms. The number of aryl methyl sites for hydroxylation is 2. The van der Waals surface area contributed by atoms with Gasteiger partial charge in [0.05, 0.1) is 12.1 Å². The van der Waals surface area contributed by atoms with Crippen LogP contribution in [-0.4, -0.2) is 10.1 Å². The topological polar surface area (TPSA) is 33.1 Å². The van der Waals surface area contributed by atoms with Crippen LogP contribution >= 0.6 is 0 Å². The minimum atomic E-state index is 0.130. The van der Waals surface area contributed by atoms with Crippen molar-refractivity contribution < 1.29 is 5.11 Å². The van der Waals surface area contributed by atoms with E-state index >= 15 is 0 Å². The lowest BCUT2D eigenvalue weighted by atomic mass is 9.89.